The number of ether oxygens (including phenoxy) is 1. The minimum absolute atomic E-state index is 0.0162. The number of likely N-dealkylation sites (N-methyl/N-ethyl adjacent to an activating group) is 1. The van der Waals surface area contributed by atoms with Gasteiger partial charge < -0.3 is 34.9 Å². The molecule has 0 radical (unpaired) electrons. The van der Waals surface area contributed by atoms with Crippen molar-refractivity contribution in [2.45, 2.75) is 49.9 Å². The number of alkyl carbamates (subject to hydrolysis) is 1. The molecular formula is C17H22N6O7. The van der Waals surface area contributed by atoms with E-state index < -0.39 is 48.4 Å². The molecule has 1 saturated heterocycles. The van der Waals surface area contributed by atoms with Crippen molar-refractivity contribution in [1.29, 1.82) is 5.26 Å². The quantitative estimate of drug-likeness (QED) is 0.459. The predicted molar refractivity (Wildman–Crippen MR) is 95.6 cm³/mol. The van der Waals surface area contributed by atoms with E-state index in [2.05, 4.69) is 26.9 Å². The number of aromatic nitrogens is 2. The minimum Gasteiger partial charge on any atom is -0.480 e. The van der Waals surface area contributed by atoms with E-state index >= 15 is 0 Å². The summed E-state index contributed by atoms with van der Waals surface area (Å²) in [4.78, 5) is 36.2. The molecule has 0 unspecified atom stereocenters. The number of amides is 3. The van der Waals surface area contributed by atoms with Gasteiger partial charge in [-0.2, -0.15) is 5.26 Å². The molecule has 2 aliphatic rings. The monoisotopic (exact) mass is 422 g/mol. The number of rotatable bonds is 7. The Balaban J connectivity index is 1.81. The van der Waals surface area contributed by atoms with Crippen LogP contribution in [0.2, 0.25) is 0 Å². The van der Waals surface area contributed by atoms with Crippen molar-refractivity contribution >= 4 is 18.1 Å². The second-order valence-electron chi connectivity index (χ2n) is 7.47. The van der Waals surface area contributed by atoms with Crippen molar-refractivity contribution in [3.63, 3.8) is 0 Å². The first-order valence-corrected chi connectivity index (χ1v) is 9.27. The van der Waals surface area contributed by atoms with Crippen molar-refractivity contribution in [2.75, 3.05) is 13.7 Å². The summed E-state index contributed by atoms with van der Waals surface area (Å²) in [7, 11) is 1.25. The number of hydrogen-bond donors (Lipinski definition) is 4. The lowest BCUT2D eigenvalue weighted by molar-refractivity contribution is -0.143. The fourth-order valence-electron chi connectivity index (χ4n) is 3.66. The van der Waals surface area contributed by atoms with E-state index in [1.54, 1.807) is 6.92 Å². The zero-order valence-electron chi connectivity index (χ0n) is 16.4. The summed E-state index contributed by atoms with van der Waals surface area (Å²) < 4.78 is 10.7. The Morgan fingerprint density at radius 3 is 2.70 bits per heavy atom. The Kier molecular flexibility index (Phi) is 5.79. The maximum absolute atomic E-state index is 12.7. The number of carbonyl (C=O) groups is 3. The maximum Gasteiger partial charge on any atom is 0.408 e. The molecule has 1 aromatic rings. The van der Waals surface area contributed by atoms with Gasteiger partial charge in [0.2, 0.25) is 11.8 Å². The van der Waals surface area contributed by atoms with E-state index in [1.807, 2.05) is 0 Å². The third kappa shape index (κ3) is 3.86. The highest BCUT2D eigenvalue weighted by molar-refractivity contribution is 5.83. The van der Waals surface area contributed by atoms with Crippen molar-refractivity contribution < 1.29 is 33.8 Å². The first-order valence-electron chi connectivity index (χ1n) is 9.27. The van der Waals surface area contributed by atoms with Crippen molar-refractivity contribution in [3.05, 3.63) is 11.8 Å². The number of nitrogens with zero attached hydrogens (tertiary/aromatic N) is 4. The van der Waals surface area contributed by atoms with Gasteiger partial charge in [-0.1, -0.05) is 0 Å². The van der Waals surface area contributed by atoms with Crippen LogP contribution in [0.5, 0.6) is 0 Å². The van der Waals surface area contributed by atoms with Gasteiger partial charge >= 0.3 is 18.1 Å². The summed E-state index contributed by atoms with van der Waals surface area (Å²) >= 11 is 0. The minimum atomic E-state index is -1.43. The Morgan fingerprint density at radius 1 is 1.47 bits per heavy atom. The van der Waals surface area contributed by atoms with Gasteiger partial charge in [0.15, 0.2) is 6.04 Å². The van der Waals surface area contributed by atoms with Gasteiger partial charge in [-0.05, 0) is 25.7 Å². The van der Waals surface area contributed by atoms with E-state index in [0.717, 1.165) is 4.90 Å². The number of urea groups is 1. The third-order valence-electron chi connectivity index (χ3n) is 5.40. The Hall–Kier alpha value is -3.40. The van der Waals surface area contributed by atoms with Gasteiger partial charge in [0, 0.05) is 13.5 Å². The summed E-state index contributed by atoms with van der Waals surface area (Å²) in [5, 5.41) is 40.6. The predicted octanol–water partition coefficient (Wildman–Crippen LogP) is -0.155. The van der Waals surface area contributed by atoms with Crippen molar-refractivity contribution in [2.24, 2.45) is 5.92 Å². The zero-order chi connectivity index (χ0) is 22.1. The van der Waals surface area contributed by atoms with Crippen molar-refractivity contribution in [1.82, 2.24) is 25.7 Å². The van der Waals surface area contributed by atoms with Crippen LogP contribution < -0.4 is 10.6 Å². The number of aliphatic hydroxyl groups is 1. The number of nitriles is 1. The smallest absolute Gasteiger partial charge is 0.408 e. The standard InChI is InChI=1S/C17H22N6O7/c1-8-11(19-16(28)29-8)12-21-22-14(30-12)17(5-9(6-17)3-4-18)20-15(27)23(2)10(7-24)13(25)26/h8-11,24H,3,5-7H2,1-2H3,(H,19,28)(H,20,27)(H,25,26)/t8-,9?,10+,11+,17?/m1/s1. The van der Waals surface area contributed by atoms with Crippen LogP contribution in [0.1, 0.15) is 44.0 Å². The molecule has 30 heavy (non-hydrogen) atoms. The molecule has 2 heterocycles. The highest BCUT2D eigenvalue weighted by atomic mass is 16.6. The van der Waals surface area contributed by atoms with Crippen LogP contribution in [0.15, 0.2) is 4.42 Å². The van der Waals surface area contributed by atoms with E-state index in [4.69, 9.17) is 19.5 Å². The molecule has 1 saturated carbocycles. The second-order valence-corrected chi connectivity index (χ2v) is 7.47. The number of carbonyl (C=O) groups excluding carboxylic acids is 2. The Bertz CT molecular complexity index is 874. The summed E-state index contributed by atoms with van der Waals surface area (Å²) in [6.07, 6.45) is -0.204. The van der Waals surface area contributed by atoms with Crippen LogP contribution >= 0.6 is 0 Å². The molecule has 2 fully saturated rings. The SMILES string of the molecule is C[C@H]1OC(=O)N[C@@H]1c1nnc(C2(NC(=O)N(C)[C@@H](CO)C(=O)O)CC(CC#N)C2)o1. The third-order valence-corrected chi connectivity index (χ3v) is 5.40. The normalized spacial score (nSPS) is 28.5. The summed E-state index contributed by atoms with van der Waals surface area (Å²) in [6.45, 7) is 0.902. The molecule has 1 aromatic heterocycles. The molecular weight excluding hydrogens is 400 g/mol. The van der Waals surface area contributed by atoms with Crippen LogP contribution in [-0.4, -0.2) is 69.2 Å². The fraction of sp³-hybridized carbons (Fsp3) is 0.647. The largest absolute Gasteiger partial charge is 0.480 e. The van der Waals surface area contributed by atoms with Crippen LogP contribution in [0.4, 0.5) is 9.59 Å². The van der Waals surface area contributed by atoms with E-state index in [-0.39, 0.29) is 24.1 Å². The molecule has 0 spiro atoms. The van der Waals surface area contributed by atoms with Gasteiger partial charge in [0.25, 0.3) is 0 Å². The molecule has 3 amide bonds. The number of aliphatic hydroxyl groups excluding tert-OH is 1. The van der Waals surface area contributed by atoms with Crippen LogP contribution in [0.3, 0.4) is 0 Å². The van der Waals surface area contributed by atoms with Crippen LogP contribution in [0.25, 0.3) is 0 Å². The maximum atomic E-state index is 12.7. The average Bonchev–Trinajstić information content (AvgIpc) is 3.26. The number of carboxylic acid groups (broad SMARTS) is 1. The highest BCUT2D eigenvalue weighted by Gasteiger charge is 2.52. The topological polar surface area (TPSA) is 191 Å². The van der Waals surface area contributed by atoms with Gasteiger partial charge in [0.05, 0.1) is 12.7 Å². The van der Waals surface area contributed by atoms with Crippen LogP contribution in [-0.2, 0) is 15.1 Å². The average molecular weight is 422 g/mol. The molecule has 162 valence electrons. The van der Waals surface area contributed by atoms with Crippen LogP contribution in [0, 0.1) is 17.2 Å². The number of hydrogen-bond acceptors (Lipinski definition) is 9. The first-order chi connectivity index (χ1) is 14.2. The molecule has 13 nitrogen and oxygen atoms in total. The zero-order valence-corrected chi connectivity index (χ0v) is 16.4. The summed E-state index contributed by atoms with van der Waals surface area (Å²) in [5.74, 6) is -1.19. The molecule has 3 atom stereocenters. The Labute approximate surface area is 171 Å². The summed E-state index contributed by atoms with van der Waals surface area (Å²) in [6, 6.07) is -0.751. The molecule has 0 aromatic carbocycles. The Morgan fingerprint density at radius 2 is 2.17 bits per heavy atom. The van der Waals surface area contributed by atoms with Gasteiger partial charge in [-0.3, -0.25) is 0 Å². The van der Waals surface area contributed by atoms with Gasteiger partial charge in [0.1, 0.15) is 17.7 Å². The number of aliphatic carboxylic acids is 1. The van der Waals surface area contributed by atoms with Crippen molar-refractivity contribution in [3.8, 4) is 6.07 Å². The highest BCUT2D eigenvalue weighted by Crippen LogP contribution is 2.47. The lowest BCUT2D eigenvalue weighted by Gasteiger charge is -2.45. The molecule has 4 N–H and O–H groups in total. The fourth-order valence-corrected chi connectivity index (χ4v) is 3.66. The molecule has 13 heteroatoms. The summed E-state index contributed by atoms with van der Waals surface area (Å²) in [5.41, 5.74) is -1.09. The molecule has 1 aliphatic carbocycles. The van der Waals surface area contributed by atoms with E-state index in [0.29, 0.717) is 12.8 Å². The number of nitrogens with one attached hydrogen (secondary N) is 2. The van der Waals surface area contributed by atoms with Gasteiger partial charge in [-0.15, -0.1) is 10.2 Å². The second kappa shape index (κ2) is 8.15. The van der Waals surface area contributed by atoms with Gasteiger partial charge in [-0.25, -0.2) is 14.4 Å². The number of cyclic esters (lactones) is 1. The lowest BCUT2D eigenvalue weighted by atomic mass is 9.67. The molecule has 1 aliphatic heterocycles. The van der Waals surface area contributed by atoms with E-state index in [9.17, 15) is 19.5 Å². The molecule has 0 bridgehead atoms. The van der Waals surface area contributed by atoms with E-state index in [1.165, 1.54) is 7.05 Å². The first kappa shape index (κ1) is 21.3. The molecule has 3 rings (SSSR count). The lowest BCUT2D eigenvalue weighted by Crippen LogP contribution is -2.59. The number of carboxylic acids is 1.